The van der Waals surface area contributed by atoms with Crippen molar-refractivity contribution in [1.82, 2.24) is 9.97 Å². The van der Waals surface area contributed by atoms with Gasteiger partial charge in [-0.3, -0.25) is 0 Å². The highest BCUT2D eigenvalue weighted by Gasteiger charge is 2.09. The lowest BCUT2D eigenvalue weighted by Crippen LogP contribution is -2.07. The number of anilines is 2. The summed E-state index contributed by atoms with van der Waals surface area (Å²) in [5.41, 5.74) is 0. The van der Waals surface area contributed by atoms with Crippen LogP contribution in [-0.4, -0.2) is 42.4 Å². The summed E-state index contributed by atoms with van der Waals surface area (Å²) in [7, 11) is 3.38. The minimum Gasteiger partial charge on any atom is -0.490 e. The molecule has 6 nitrogen and oxygen atoms in total. The molecular formula is C11H20N4O2. The van der Waals surface area contributed by atoms with E-state index in [1.807, 2.05) is 0 Å². The van der Waals surface area contributed by atoms with Crippen molar-refractivity contribution >= 4 is 11.6 Å². The van der Waals surface area contributed by atoms with Gasteiger partial charge in [0.05, 0.1) is 7.11 Å². The van der Waals surface area contributed by atoms with Crippen LogP contribution in [0, 0.1) is 0 Å². The van der Waals surface area contributed by atoms with Crippen molar-refractivity contribution in [3.05, 3.63) is 6.33 Å². The predicted octanol–water partition coefficient (Wildman–Crippen LogP) is 1.10. The van der Waals surface area contributed by atoms with Gasteiger partial charge in [0.1, 0.15) is 6.33 Å². The number of nitrogens with one attached hydrogen (secondary N) is 2. The summed E-state index contributed by atoms with van der Waals surface area (Å²) in [6.07, 6.45) is 4.31. The van der Waals surface area contributed by atoms with Crippen LogP contribution in [0.25, 0.3) is 0 Å². The van der Waals surface area contributed by atoms with Gasteiger partial charge in [-0.05, 0) is 19.3 Å². The number of methoxy groups -OCH3 is 1. The van der Waals surface area contributed by atoms with Crippen LogP contribution in [0.1, 0.15) is 19.3 Å². The van der Waals surface area contributed by atoms with Crippen molar-refractivity contribution in [2.24, 2.45) is 0 Å². The average molecular weight is 240 g/mol. The number of unbranched alkanes of at least 4 members (excludes halogenated alkanes) is 2. The average Bonchev–Trinajstić information content (AvgIpc) is 2.38. The number of aliphatic hydroxyl groups excluding tert-OH is 1. The first-order valence-corrected chi connectivity index (χ1v) is 5.75. The summed E-state index contributed by atoms with van der Waals surface area (Å²) >= 11 is 0. The Morgan fingerprint density at radius 3 is 2.65 bits per heavy atom. The van der Waals surface area contributed by atoms with Gasteiger partial charge >= 0.3 is 0 Å². The van der Waals surface area contributed by atoms with Crippen LogP contribution >= 0.6 is 0 Å². The fourth-order valence-electron chi connectivity index (χ4n) is 1.49. The largest absolute Gasteiger partial charge is 0.490 e. The third-order valence-electron chi connectivity index (χ3n) is 2.37. The second-order valence-corrected chi connectivity index (χ2v) is 3.57. The molecule has 0 saturated heterocycles. The Kier molecular flexibility index (Phi) is 6.09. The molecule has 0 atom stereocenters. The number of nitrogens with zero attached hydrogens (tertiary/aromatic N) is 2. The van der Waals surface area contributed by atoms with E-state index in [1.54, 1.807) is 14.2 Å². The molecule has 1 rings (SSSR count). The Balaban J connectivity index is 2.52. The van der Waals surface area contributed by atoms with Crippen LogP contribution in [0.2, 0.25) is 0 Å². The summed E-state index contributed by atoms with van der Waals surface area (Å²) in [5, 5.41) is 14.8. The first-order chi connectivity index (χ1) is 8.33. The molecule has 0 aliphatic heterocycles. The number of hydrogen-bond acceptors (Lipinski definition) is 6. The maximum Gasteiger partial charge on any atom is 0.204 e. The molecule has 0 amide bonds. The topological polar surface area (TPSA) is 79.3 Å². The van der Waals surface area contributed by atoms with Crippen molar-refractivity contribution in [3.63, 3.8) is 0 Å². The Labute approximate surface area is 101 Å². The molecule has 0 aliphatic rings. The van der Waals surface area contributed by atoms with Gasteiger partial charge in [0, 0.05) is 20.2 Å². The molecule has 0 unspecified atom stereocenters. The van der Waals surface area contributed by atoms with Crippen molar-refractivity contribution in [1.29, 1.82) is 0 Å². The van der Waals surface area contributed by atoms with E-state index in [0.717, 1.165) is 25.8 Å². The molecule has 1 aromatic heterocycles. The lowest BCUT2D eigenvalue weighted by Gasteiger charge is -2.12. The number of aliphatic hydroxyl groups is 1. The normalized spacial score (nSPS) is 10.1. The Hall–Kier alpha value is -1.56. The van der Waals surface area contributed by atoms with E-state index in [9.17, 15) is 0 Å². The minimum absolute atomic E-state index is 0.251. The predicted molar refractivity (Wildman–Crippen MR) is 67.6 cm³/mol. The van der Waals surface area contributed by atoms with Gasteiger partial charge in [0.15, 0.2) is 11.6 Å². The third kappa shape index (κ3) is 4.07. The summed E-state index contributed by atoms with van der Waals surface area (Å²) in [4.78, 5) is 8.21. The summed E-state index contributed by atoms with van der Waals surface area (Å²) in [6, 6.07) is 0. The maximum atomic E-state index is 8.66. The maximum absolute atomic E-state index is 8.66. The molecule has 0 aromatic carbocycles. The van der Waals surface area contributed by atoms with Crippen LogP contribution in [0.3, 0.4) is 0 Å². The van der Waals surface area contributed by atoms with E-state index in [1.165, 1.54) is 6.33 Å². The van der Waals surface area contributed by atoms with Crippen LogP contribution in [-0.2, 0) is 0 Å². The third-order valence-corrected chi connectivity index (χ3v) is 2.37. The molecule has 6 heteroatoms. The van der Waals surface area contributed by atoms with Gasteiger partial charge in [-0.2, -0.15) is 0 Å². The van der Waals surface area contributed by atoms with Crippen LogP contribution in [0.5, 0.6) is 5.75 Å². The van der Waals surface area contributed by atoms with Crippen LogP contribution < -0.4 is 15.4 Å². The zero-order chi connectivity index (χ0) is 12.5. The highest BCUT2D eigenvalue weighted by molar-refractivity contribution is 5.63. The van der Waals surface area contributed by atoms with Gasteiger partial charge in [-0.1, -0.05) is 0 Å². The number of rotatable bonds is 8. The Morgan fingerprint density at radius 2 is 2.00 bits per heavy atom. The fraction of sp³-hybridized carbons (Fsp3) is 0.636. The Morgan fingerprint density at radius 1 is 1.24 bits per heavy atom. The lowest BCUT2D eigenvalue weighted by molar-refractivity contribution is 0.283. The number of hydrogen-bond donors (Lipinski definition) is 3. The first kappa shape index (κ1) is 13.5. The molecule has 96 valence electrons. The zero-order valence-electron chi connectivity index (χ0n) is 10.4. The molecule has 0 spiro atoms. The zero-order valence-corrected chi connectivity index (χ0v) is 10.4. The molecule has 0 bridgehead atoms. The first-order valence-electron chi connectivity index (χ1n) is 5.75. The van der Waals surface area contributed by atoms with Crippen LogP contribution in [0.15, 0.2) is 6.33 Å². The number of aromatic nitrogens is 2. The second kappa shape index (κ2) is 7.67. The van der Waals surface area contributed by atoms with Crippen molar-refractivity contribution in [2.45, 2.75) is 19.3 Å². The molecule has 1 aromatic rings. The molecule has 1 heterocycles. The van der Waals surface area contributed by atoms with E-state index in [-0.39, 0.29) is 6.61 Å². The highest BCUT2D eigenvalue weighted by atomic mass is 16.5. The minimum atomic E-state index is 0.251. The summed E-state index contributed by atoms with van der Waals surface area (Å²) < 4.78 is 5.26. The summed E-state index contributed by atoms with van der Waals surface area (Å²) in [5.74, 6) is 1.98. The molecule has 0 saturated carbocycles. The van der Waals surface area contributed by atoms with Crippen molar-refractivity contribution in [2.75, 3.05) is 37.9 Å². The van der Waals surface area contributed by atoms with E-state index >= 15 is 0 Å². The van der Waals surface area contributed by atoms with E-state index in [2.05, 4.69) is 20.6 Å². The Bertz CT molecular complexity index is 333. The monoisotopic (exact) mass is 240 g/mol. The summed E-state index contributed by atoms with van der Waals surface area (Å²) in [6.45, 7) is 1.05. The SMILES string of the molecule is CNc1ncnc(NCCCCCO)c1OC. The second-order valence-electron chi connectivity index (χ2n) is 3.57. The van der Waals surface area contributed by atoms with E-state index < -0.39 is 0 Å². The van der Waals surface area contributed by atoms with Gasteiger partial charge < -0.3 is 20.5 Å². The quantitative estimate of drug-likeness (QED) is 0.591. The van der Waals surface area contributed by atoms with Gasteiger partial charge in [0.2, 0.25) is 5.75 Å². The standard InChI is InChI=1S/C11H20N4O2/c1-12-10-9(17-2)11(15-8-14-10)13-6-4-3-5-7-16/h8,16H,3-7H2,1-2H3,(H2,12,13,14,15). The molecule has 0 aliphatic carbocycles. The van der Waals surface area contributed by atoms with Crippen LogP contribution in [0.4, 0.5) is 11.6 Å². The van der Waals surface area contributed by atoms with Gasteiger partial charge in [-0.25, -0.2) is 9.97 Å². The van der Waals surface area contributed by atoms with E-state index in [0.29, 0.717) is 17.4 Å². The molecule has 17 heavy (non-hydrogen) atoms. The highest BCUT2D eigenvalue weighted by Crippen LogP contribution is 2.28. The van der Waals surface area contributed by atoms with Crippen molar-refractivity contribution in [3.8, 4) is 5.75 Å². The fourth-order valence-corrected chi connectivity index (χ4v) is 1.49. The van der Waals surface area contributed by atoms with E-state index in [4.69, 9.17) is 9.84 Å². The van der Waals surface area contributed by atoms with Crippen molar-refractivity contribution < 1.29 is 9.84 Å². The molecule has 0 fully saturated rings. The molecule has 3 N–H and O–H groups in total. The number of ether oxygens (including phenoxy) is 1. The molecular weight excluding hydrogens is 220 g/mol. The molecule has 0 radical (unpaired) electrons. The smallest absolute Gasteiger partial charge is 0.204 e. The van der Waals surface area contributed by atoms with Gasteiger partial charge in [-0.15, -0.1) is 0 Å². The van der Waals surface area contributed by atoms with Gasteiger partial charge in [0.25, 0.3) is 0 Å². The lowest BCUT2D eigenvalue weighted by atomic mass is 10.2.